The van der Waals surface area contributed by atoms with Gasteiger partial charge in [0.1, 0.15) is 11.8 Å². The van der Waals surface area contributed by atoms with Crippen LogP contribution in [0.1, 0.15) is 11.1 Å². The Bertz CT molecular complexity index is 438. The molecule has 0 atom stereocenters. The monoisotopic (exact) mass is 234 g/mol. The third-order valence-corrected chi connectivity index (χ3v) is 2.22. The van der Waals surface area contributed by atoms with E-state index in [1.165, 1.54) is 7.11 Å². The fraction of sp³-hybridized carbons (Fsp3) is 0.333. The van der Waals surface area contributed by atoms with Gasteiger partial charge in [-0.15, -0.1) is 0 Å². The number of hydrogen-bond acceptors (Lipinski definition) is 5. The maximum absolute atomic E-state index is 11.2. The molecular formula is C12H14N2O3. The van der Waals surface area contributed by atoms with E-state index in [1.54, 1.807) is 12.1 Å². The molecule has 0 bridgehead atoms. The van der Waals surface area contributed by atoms with Crippen molar-refractivity contribution in [2.45, 2.75) is 13.0 Å². The molecule has 0 saturated carbocycles. The molecule has 0 aliphatic carbocycles. The summed E-state index contributed by atoms with van der Waals surface area (Å²) in [6, 6.07) is 7.18. The van der Waals surface area contributed by atoms with Gasteiger partial charge in [-0.3, -0.25) is 4.79 Å². The van der Waals surface area contributed by atoms with Gasteiger partial charge in [0.2, 0.25) is 0 Å². The number of rotatable bonds is 5. The van der Waals surface area contributed by atoms with E-state index in [0.717, 1.165) is 5.56 Å². The summed E-state index contributed by atoms with van der Waals surface area (Å²) in [5, 5.41) is 8.48. The molecule has 17 heavy (non-hydrogen) atoms. The van der Waals surface area contributed by atoms with E-state index >= 15 is 0 Å². The van der Waals surface area contributed by atoms with Gasteiger partial charge in [-0.2, -0.15) is 5.26 Å². The van der Waals surface area contributed by atoms with Crippen LogP contribution in [-0.2, 0) is 22.5 Å². The van der Waals surface area contributed by atoms with Gasteiger partial charge in [-0.05, 0) is 11.6 Å². The van der Waals surface area contributed by atoms with Crippen molar-refractivity contribution < 1.29 is 14.3 Å². The highest BCUT2D eigenvalue weighted by Gasteiger charge is 2.10. The minimum atomic E-state index is -0.354. The Kier molecular flexibility index (Phi) is 4.98. The average molecular weight is 234 g/mol. The highest BCUT2D eigenvalue weighted by atomic mass is 16.5. The first kappa shape index (κ1) is 13.0. The molecule has 0 saturated heterocycles. The molecule has 0 aliphatic rings. The zero-order chi connectivity index (χ0) is 12.7. The second-order valence-corrected chi connectivity index (χ2v) is 3.35. The predicted octanol–water partition coefficient (Wildman–Crippen LogP) is 0.763. The van der Waals surface area contributed by atoms with Crippen molar-refractivity contribution in [3.8, 4) is 11.8 Å². The standard InChI is InChI=1S/C12H14N2O3/c1-16-12(15)7-10-3-2-9(8-14)6-11(10)17-5-4-13/h2-3,6H,5,7-8,14H2,1H3. The lowest BCUT2D eigenvalue weighted by molar-refractivity contribution is -0.139. The van der Waals surface area contributed by atoms with E-state index in [2.05, 4.69) is 4.74 Å². The van der Waals surface area contributed by atoms with Crippen LogP contribution in [0.5, 0.6) is 5.75 Å². The third kappa shape index (κ3) is 3.78. The van der Waals surface area contributed by atoms with Crippen LogP contribution in [0, 0.1) is 11.3 Å². The lowest BCUT2D eigenvalue weighted by Gasteiger charge is -2.10. The molecule has 1 aromatic rings. The van der Waals surface area contributed by atoms with Gasteiger partial charge in [0, 0.05) is 12.1 Å². The number of methoxy groups -OCH3 is 1. The number of nitrogens with two attached hydrogens (primary N) is 1. The van der Waals surface area contributed by atoms with Gasteiger partial charge in [0.15, 0.2) is 6.61 Å². The van der Waals surface area contributed by atoms with Crippen LogP contribution in [0.2, 0.25) is 0 Å². The van der Waals surface area contributed by atoms with Crippen LogP contribution in [0.25, 0.3) is 0 Å². The molecule has 0 radical (unpaired) electrons. The zero-order valence-electron chi connectivity index (χ0n) is 9.60. The van der Waals surface area contributed by atoms with Crippen LogP contribution in [-0.4, -0.2) is 19.7 Å². The van der Waals surface area contributed by atoms with Crippen molar-refractivity contribution in [3.05, 3.63) is 29.3 Å². The van der Waals surface area contributed by atoms with Crippen molar-refractivity contribution >= 4 is 5.97 Å². The number of hydrogen-bond donors (Lipinski definition) is 1. The Hall–Kier alpha value is -2.06. The minimum Gasteiger partial charge on any atom is -0.478 e. The smallest absolute Gasteiger partial charge is 0.310 e. The van der Waals surface area contributed by atoms with E-state index in [1.807, 2.05) is 12.1 Å². The topological polar surface area (TPSA) is 85.3 Å². The van der Waals surface area contributed by atoms with Crippen LogP contribution < -0.4 is 10.5 Å². The summed E-state index contributed by atoms with van der Waals surface area (Å²) in [5.41, 5.74) is 7.08. The molecule has 0 unspecified atom stereocenters. The number of esters is 1. The lowest BCUT2D eigenvalue weighted by atomic mass is 10.1. The molecule has 5 nitrogen and oxygen atoms in total. The largest absolute Gasteiger partial charge is 0.478 e. The van der Waals surface area contributed by atoms with Gasteiger partial charge in [0.25, 0.3) is 0 Å². The molecule has 5 heteroatoms. The summed E-state index contributed by atoms with van der Waals surface area (Å²) in [5.74, 6) is 0.146. The Balaban J connectivity index is 2.93. The maximum atomic E-state index is 11.2. The first-order valence-corrected chi connectivity index (χ1v) is 5.09. The Labute approximate surface area is 99.7 Å². The molecule has 0 aromatic heterocycles. The second kappa shape index (κ2) is 6.51. The molecule has 0 aliphatic heterocycles. The number of carbonyl (C=O) groups is 1. The molecule has 2 N–H and O–H groups in total. The highest BCUT2D eigenvalue weighted by molar-refractivity contribution is 5.73. The number of nitrogens with zero attached hydrogens (tertiary/aromatic N) is 1. The fourth-order valence-electron chi connectivity index (χ4n) is 1.34. The van der Waals surface area contributed by atoms with E-state index < -0.39 is 0 Å². The molecule has 0 fully saturated rings. The van der Waals surface area contributed by atoms with E-state index in [0.29, 0.717) is 17.9 Å². The van der Waals surface area contributed by atoms with Crippen molar-refractivity contribution in [2.75, 3.05) is 13.7 Å². The zero-order valence-corrected chi connectivity index (χ0v) is 9.60. The molecule has 1 aromatic carbocycles. The van der Waals surface area contributed by atoms with Crippen LogP contribution in [0.15, 0.2) is 18.2 Å². The molecule has 90 valence electrons. The summed E-state index contributed by atoms with van der Waals surface area (Å²) in [4.78, 5) is 11.2. The van der Waals surface area contributed by atoms with Gasteiger partial charge in [-0.25, -0.2) is 0 Å². The first-order valence-electron chi connectivity index (χ1n) is 5.09. The average Bonchev–Trinajstić information content (AvgIpc) is 2.37. The van der Waals surface area contributed by atoms with Crippen LogP contribution in [0.3, 0.4) is 0 Å². The molecule has 1 rings (SSSR count). The van der Waals surface area contributed by atoms with E-state index in [-0.39, 0.29) is 19.0 Å². The fourth-order valence-corrected chi connectivity index (χ4v) is 1.34. The third-order valence-electron chi connectivity index (χ3n) is 2.22. The Morgan fingerprint density at radius 1 is 1.53 bits per heavy atom. The van der Waals surface area contributed by atoms with Gasteiger partial charge >= 0.3 is 5.97 Å². The first-order chi connectivity index (χ1) is 8.21. The van der Waals surface area contributed by atoms with Gasteiger partial charge < -0.3 is 15.2 Å². The highest BCUT2D eigenvalue weighted by Crippen LogP contribution is 2.21. The predicted molar refractivity (Wildman–Crippen MR) is 61.2 cm³/mol. The molecule has 0 heterocycles. The quantitative estimate of drug-likeness (QED) is 0.760. The molecule has 0 amide bonds. The molecule has 0 spiro atoms. The normalized spacial score (nSPS) is 9.47. The number of carbonyl (C=O) groups excluding carboxylic acids is 1. The van der Waals surface area contributed by atoms with E-state index in [9.17, 15) is 4.79 Å². The van der Waals surface area contributed by atoms with E-state index in [4.69, 9.17) is 15.7 Å². The van der Waals surface area contributed by atoms with Crippen LogP contribution in [0.4, 0.5) is 0 Å². The minimum absolute atomic E-state index is 0.0673. The van der Waals surface area contributed by atoms with Crippen molar-refractivity contribution in [1.29, 1.82) is 5.26 Å². The van der Waals surface area contributed by atoms with Gasteiger partial charge in [-0.1, -0.05) is 12.1 Å². The number of benzene rings is 1. The number of nitriles is 1. The van der Waals surface area contributed by atoms with Crippen molar-refractivity contribution in [3.63, 3.8) is 0 Å². The van der Waals surface area contributed by atoms with Gasteiger partial charge in [0.05, 0.1) is 13.5 Å². The lowest BCUT2D eigenvalue weighted by Crippen LogP contribution is -2.08. The van der Waals surface area contributed by atoms with Crippen molar-refractivity contribution in [1.82, 2.24) is 0 Å². The summed E-state index contributed by atoms with van der Waals surface area (Å²) in [6.45, 7) is 0.309. The summed E-state index contributed by atoms with van der Waals surface area (Å²) in [7, 11) is 1.33. The molecular weight excluding hydrogens is 220 g/mol. The number of ether oxygens (including phenoxy) is 2. The second-order valence-electron chi connectivity index (χ2n) is 3.35. The SMILES string of the molecule is COC(=O)Cc1ccc(CN)cc1OCC#N. The Morgan fingerprint density at radius 3 is 2.88 bits per heavy atom. The van der Waals surface area contributed by atoms with Crippen LogP contribution >= 0.6 is 0 Å². The summed E-state index contributed by atoms with van der Waals surface area (Å²) in [6.07, 6.45) is 0.113. The van der Waals surface area contributed by atoms with Crippen molar-refractivity contribution in [2.24, 2.45) is 5.73 Å². The maximum Gasteiger partial charge on any atom is 0.310 e. The Morgan fingerprint density at radius 2 is 2.29 bits per heavy atom. The summed E-state index contributed by atoms with van der Waals surface area (Å²) >= 11 is 0. The summed E-state index contributed by atoms with van der Waals surface area (Å²) < 4.78 is 9.84.